The molecule has 1 saturated carbocycles. The van der Waals surface area contributed by atoms with Gasteiger partial charge in [-0.05, 0) is 43.4 Å². The van der Waals surface area contributed by atoms with Crippen molar-refractivity contribution in [2.75, 3.05) is 6.79 Å². The molecule has 3 aliphatic rings. The van der Waals surface area contributed by atoms with Gasteiger partial charge in [0.2, 0.25) is 12.7 Å². The van der Waals surface area contributed by atoms with Crippen LogP contribution in [-0.4, -0.2) is 39.7 Å². The first-order valence-corrected chi connectivity index (χ1v) is 12.0. The lowest BCUT2D eigenvalue weighted by Crippen LogP contribution is -2.65. The first-order chi connectivity index (χ1) is 16.4. The van der Waals surface area contributed by atoms with Gasteiger partial charge in [-0.1, -0.05) is 25.8 Å². The summed E-state index contributed by atoms with van der Waals surface area (Å²) in [5.74, 6) is 1.46. The summed E-state index contributed by atoms with van der Waals surface area (Å²) in [6.07, 6.45) is 6.01. The number of amides is 2. The lowest BCUT2D eigenvalue weighted by Gasteiger charge is -2.45. The highest BCUT2D eigenvalue weighted by molar-refractivity contribution is 6.02. The van der Waals surface area contributed by atoms with Crippen LogP contribution >= 0.6 is 0 Å². The Kier molecular flexibility index (Phi) is 4.86. The lowest BCUT2D eigenvalue weighted by molar-refractivity contribution is -0.134. The summed E-state index contributed by atoms with van der Waals surface area (Å²) < 4.78 is 18.4. The summed E-state index contributed by atoms with van der Waals surface area (Å²) in [5, 5.41) is 3.31. The molecule has 0 saturated heterocycles. The van der Waals surface area contributed by atoms with Gasteiger partial charge in [0, 0.05) is 24.7 Å². The second-order valence-electron chi connectivity index (χ2n) is 9.98. The maximum Gasteiger partial charge on any atom is 0.271 e. The monoisotopic (exact) mass is 463 g/mol. The number of benzene rings is 1. The summed E-state index contributed by atoms with van der Waals surface area (Å²) in [7, 11) is 0. The van der Waals surface area contributed by atoms with E-state index in [0.717, 1.165) is 30.3 Å². The number of nitrogens with zero attached hydrogens (tertiary/aromatic N) is 2. The molecular weight excluding hydrogens is 434 g/mol. The smallest absolute Gasteiger partial charge is 0.271 e. The van der Waals surface area contributed by atoms with E-state index in [1.165, 1.54) is 6.42 Å². The highest BCUT2D eigenvalue weighted by Crippen LogP contribution is 2.37. The van der Waals surface area contributed by atoms with Crippen molar-refractivity contribution >= 4 is 22.9 Å². The maximum absolute atomic E-state index is 13.9. The van der Waals surface area contributed by atoms with Crippen molar-refractivity contribution in [2.45, 2.75) is 64.2 Å². The van der Waals surface area contributed by atoms with Gasteiger partial charge in [-0.15, -0.1) is 0 Å². The first-order valence-electron chi connectivity index (χ1n) is 12.0. The predicted molar refractivity (Wildman–Crippen MR) is 125 cm³/mol. The van der Waals surface area contributed by atoms with Gasteiger partial charge in [-0.25, -0.2) is 0 Å². The van der Waals surface area contributed by atoms with E-state index in [1.54, 1.807) is 17.2 Å². The molecule has 3 unspecified atom stereocenters. The molecule has 2 aromatic heterocycles. The second kappa shape index (κ2) is 7.82. The minimum absolute atomic E-state index is 0.115. The molecule has 8 nitrogen and oxygen atoms in total. The number of carbonyl (C=O) groups excluding carboxylic acids is 2. The van der Waals surface area contributed by atoms with Crippen LogP contribution in [0.2, 0.25) is 0 Å². The topological polar surface area (TPSA) is 85.9 Å². The standard InChI is InChI=1S/C26H29N3O5/c1-16-5-3-4-6-18(16)27-25(31)26(2)14-28-19-9-10-32-22(19)12-20(28)24(30)29(26)13-17-7-8-21-23(11-17)34-15-33-21/h7-12,16,18H,3-6,13-15H2,1-2H3,(H,27,31). The zero-order valence-corrected chi connectivity index (χ0v) is 19.5. The van der Waals surface area contributed by atoms with Crippen molar-refractivity contribution in [2.24, 2.45) is 5.92 Å². The molecule has 4 heterocycles. The zero-order valence-electron chi connectivity index (χ0n) is 19.5. The Morgan fingerprint density at radius 3 is 2.82 bits per heavy atom. The molecule has 0 bridgehead atoms. The SMILES string of the molecule is CC1CCCCC1NC(=O)C1(C)Cn2c(cc3occc32)C(=O)N1Cc1ccc2c(c1)OCO2. The Bertz CT molecular complexity index is 1280. The van der Waals surface area contributed by atoms with Gasteiger partial charge in [0.1, 0.15) is 11.2 Å². The van der Waals surface area contributed by atoms with E-state index >= 15 is 0 Å². The van der Waals surface area contributed by atoms with Gasteiger partial charge >= 0.3 is 0 Å². The quantitative estimate of drug-likeness (QED) is 0.630. The second-order valence-corrected chi connectivity index (χ2v) is 9.98. The van der Waals surface area contributed by atoms with Crippen molar-refractivity contribution in [1.29, 1.82) is 0 Å². The molecule has 0 spiro atoms. The number of furan rings is 1. The maximum atomic E-state index is 13.9. The fourth-order valence-electron chi connectivity index (χ4n) is 5.60. The molecule has 3 aromatic rings. The normalized spacial score (nSPS) is 26.1. The van der Waals surface area contributed by atoms with Gasteiger partial charge in [0.15, 0.2) is 17.1 Å². The molecule has 2 aliphatic heterocycles. The third kappa shape index (κ3) is 3.27. The molecule has 1 fully saturated rings. The lowest BCUT2D eigenvalue weighted by atomic mass is 9.85. The van der Waals surface area contributed by atoms with E-state index in [0.29, 0.717) is 35.2 Å². The number of ether oxygens (including phenoxy) is 2. The average molecular weight is 464 g/mol. The van der Waals surface area contributed by atoms with E-state index in [1.807, 2.05) is 35.8 Å². The Balaban J connectivity index is 1.37. The van der Waals surface area contributed by atoms with Crippen LogP contribution < -0.4 is 14.8 Å². The molecule has 2 amide bonds. The van der Waals surface area contributed by atoms with Gasteiger partial charge < -0.3 is 28.7 Å². The molecule has 34 heavy (non-hydrogen) atoms. The van der Waals surface area contributed by atoms with Crippen molar-refractivity contribution in [1.82, 2.24) is 14.8 Å². The summed E-state index contributed by atoms with van der Waals surface area (Å²) in [4.78, 5) is 29.4. The molecular formula is C26H29N3O5. The number of nitrogens with one attached hydrogen (secondary N) is 1. The molecule has 1 aliphatic carbocycles. The average Bonchev–Trinajstić information content (AvgIpc) is 3.55. The van der Waals surface area contributed by atoms with Crippen molar-refractivity contribution in [3.63, 3.8) is 0 Å². The number of hydrogen-bond acceptors (Lipinski definition) is 5. The molecule has 3 atom stereocenters. The highest BCUT2D eigenvalue weighted by atomic mass is 16.7. The highest BCUT2D eigenvalue weighted by Gasteiger charge is 2.48. The summed E-state index contributed by atoms with van der Waals surface area (Å²) in [6, 6.07) is 9.40. The van der Waals surface area contributed by atoms with Gasteiger partial charge in [-0.2, -0.15) is 0 Å². The Hall–Kier alpha value is -3.42. The van der Waals surface area contributed by atoms with Crippen LogP contribution in [0.25, 0.3) is 11.1 Å². The van der Waals surface area contributed by atoms with Crippen LogP contribution in [0.4, 0.5) is 0 Å². The first kappa shape index (κ1) is 21.1. The number of carbonyl (C=O) groups is 2. The van der Waals surface area contributed by atoms with Crippen molar-refractivity contribution in [3.05, 3.63) is 47.9 Å². The molecule has 1 N–H and O–H groups in total. The predicted octanol–water partition coefficient (Wildman–Crippen LogP) is 4.07. The molecule has 1 aromatic carbocycles. The van der Waals surface area contributed by atoms with Gasteiger partial charge in [0.25, 0.3) is 5.91 Å². The van der Waals surface area contributed by atoms with E-state index in [-0.39, 0.29) is 31.2 Å². The van der Waals surface area contributed by atoms with E-state index in [4.69, 9.17) is 13.9 Å². The Morgan fingerprint density at radius 2 is 1.97 bits per heavy atom. The fourth-order valence-corrected chi connectivity index (χ4v) is 5.60. The minimum atomic E-state index is -1.07. The van der Waals surface area contributed by atoms with Crippen molar-refractivity contribution < 1.29 is 23.5 Å². The van der Waals surface area contributed by atoms with E-state index in [9.17, 15) is 9.59 Å². The fraction of sp³-hybridized carbons (Fsp3) is 0.462. The van der Waals surface area contributed by atoms with E-state index in [2.05, 4.69) is 12.2 Å². The number of rotatable bonds is 4. The summed E-state index contributed by atoms with van der Waals surface area (Å²) in [6.45, 7) is 4.89. The largest absolute Gasteiger partial charge is 0.463 e. The third-order valence-electron chi connectivity index (χ3n) is 7.74. The van der Waals surface area contributed by atoms with E-state index < -0.39 is 5.54 Å². The zero-order chi connectivity index (χ0) is 23.4. The van der Waals surface area contributed by atoms with Crippen LogP contribution in [0.5, 0.6) is 11.5 Å². The molecule has 6 rings (SSSR count). The van der Waals surface area contributed by atoms with Crippen LogP contribution in [0.15, 0.2) is 41.0 Å². The Labute approximate surface area is 197 Å². The van der Waals surface area contributed by atoms with Crippen molar-refractivity contribution in [3.8, 4) is 11.5 Å². The number of aromatic nitrogens is 1. The molecule has 0 radical (unpaired) electrons. The molecule has 178 valence electrons. The summed E-state index contributed by atoms with van der Waals surface area (Å²) in [5.41, 5.74) is 1.83. The minimum Gasteiger partial charge on any atom is -0.463 e. The number of hydrogen-bond donors (Lipinski definition) is 1. The van der Waals surface area contributed by atoms with Gasteiger partial charge in [0.05, 0.1) is 18.3 Å². The van der Waals surface area contributed by atoms with Gasteiger partial charge in [-0.3, -0.25) is 9.59 Å². The van der Waals surface area contributed by atoms with Crippen LogP contribution in [-0.2, 0) is 17.9 Å². The summed E-state index contributed by atoms with van der Waals surface area (Å²) >= 11 is 0. The van der Waals surface area contributed by atoms with Crippen LogP contribution in [0.1, 0.15) is 55.6 Å². The third-order valence-corrected chi connectivity index (χ3v) is 7.74. The van der Waals surface area contributed by atoms with Crippen LogP contribution in [0.3, 0.4) is 0 Å². The number of fused-ring (bicyclic) bond motifs is 4. The van der Waals surface area contributed by atoms with Crippen LogP contribution in [0, 0.1) is 5.92 Å². The Morgan fingerprint density at radius 1 is 1.15 bits per heavy atom. The molecule has 8 heteroatoms.